The highest BCUT2D eigenvalue weighted by atomic mass is 32.3. The van der Waals surface area contributed by atoms with Crippen molar-refractivity contribution < 1.29 is 53.5 Å². The zero-order valence-corrected chi connectivity index (χ0v) is 47.7. The maximum absolute atomic E-state index is 15.9. The Balaban J connectivity index is 1.28. The number of benzene rings is 6. The van der Waals surface area contributed by atoms with Crippen LogP contribution in [-0.2, 0) is 40.8 Å². The van der Waals surface area contributed by atoms with E-state index >= 15 is 17.6 Å². The minimum Gasteiger partial charge on any atom is -0.462 e. The van der Waals surface area contributed by atoms with Gasteiger partial charge in [-0.2, -0.15) is 0 Å². The Bertz CT molecular complexity index is 3600. The van der Waals surface area contributed by atoms with Gasteiger partial charge in [0.15, 0.2) is 28.2 Å². The van der Waals surface area contributed by atoms with Gasteiger partial charge in [-0.3, -0.25) is 4.79 Å². The van der Waals surface area contributed by atoms with Crippen molar-refractivity contribution in [2.24, 2.45) is 0 Å². The fourth-order valence-electron chi connectivity index (χ4n) is 9.71. The summed E-state index contributed by atoms with van der Waals surface area (Å²) in [6, 6.07) is 29.3. The number of carbonyl (C=O) groups is 2. The molecular formula is C62H65F4NO8S3. The van der Waals surface area contributed by atoms with E-state index in [4.69, 9.17) is 9.47 Å². The normalized spacial score (nSPS) is 12.8. The molecule has 1 heterocycles. The standard InChI is InChI=1S/C62H65F4NO8S3/c1-35(2)43-20-13-21-44(36(3)4)50(43)31-40-25-27-47-52(33-40)75-53-34-41(32-51-45(37(5)6)22-14-23-46(51)38(7)8)26-28-48(53)55(47)49-19-11-12-24-54(49)77(70,71)67-78(72,73)61-58(65)56(63)60(57(64)59(61)66)76-30-16-18-42(68)17-15-29-74-62(69)39(9)10/h11-14,19-28,31,33-38,67H,9,15-18,29-30,32H2,1-8,10H3/b40-31+. The molecule has 78 heavy (non-hydrogen) atoms. The molecule has 16 heteroatoms. The quantitative estimate of drug-likeness (QED) is 0.0176. The van der Waals surface area contributed by atoms with Gasteiger partial charge in [0.25, 0.3) is 20.0 Å². The number of hydrogen-bond donors (Lipinski definition) is 1. The Hall–Kier alpha value is -6.33. The maximum Gasteiger partial charge on any atom is 0.333 e. The molecule has 6 aromatic rings. The number of ketones is 1. The van der Waals surface area contributed by atoms with Gasteiger partial charge in [-0.05, 0) is 130 Å². The molecule has 1 aliphatic heterocycles. The topological polar surface area (TPSA) is 133 Å². The van der Waals surface area contributed by atoms with Crippen molar-refractivity contribution in [3.05, 3.63) is 193 Å². The highest BCUT2D eigenvalue weighted by molar-refractivity contribution is 8.04. The molecule has 1 N–H and O–H groups in total. The predicted octanol–water partition coefficient (Wildman–Crippen LogP) is 13.5. The van der Waals surface area contributed by atoms with E-state index in [9.17, 15) is 26.4 Å². The van der Waals surface area contributed by atoms with Gasteiger partial charge in [0.1, 0.15) is 17.3 Å². The van der Waals surface area contributed by atoms with E-state index in [0.717, 1.165) is 33.5 Å². The van der Waals surface area contributed by atoms with Gasteiger partial charge in [-0.25, -0.2) is 39.2 Å². The molecule has 0 radical (unpaired) electrons. The van der Waals surface area contributed by atoms with E-state index in [0.29, 0.717) is 46.0 Å². The molecule has 0 aliphatic carbocycles. The van der Waals surface area contributed by atoms with Crippen LogP contribution in [0.15, 0.2) is 124 Å². The van der Waals surface area contributed by atoms with Gasteiger partial charge in [0, 0.05) is 40.3 Å². The Morgan fingerprint density at radius 2 is 1.24 bits per heavy atom. The van der Waals surface area contributed by atoms with Crippen LogP contribution in [0.2, 0.25) is 0 Å². The molecule has 9 nitrogen and oxygen atoms in total. The van der Waals surface area contributed by atoms with Crippen molar-refractivity contribution in [2.45, 2.75) is 133 Å². The number of esters is 1. The third-order valence-electron chi connectivity index (χ3n) is 13.6. The number of halogens is 4. The smallest absolute Gasteiger partial charge is 0.333 e. The Kier molecular flexibility index (Phi) is 18.8. The van der Waals surface area contributed by atoms with E-state index in [1.807, 2.05) is 30.3 Å². The lowest BCUT2D eigenvalue weighted by atomic mass is 9.85. The molecule has 0 unspecified atom stereocenters. The van der Waals surface area contributed by atoms with Crippen molar-refractivity contribution in [3.8, 4) is 11.5 Å². The molecule has 0 saturated carbocycles. The lowest BCUT2D eigenvalue weighted by molar-refractivity contribution is -0.139. The third kappa shape index (κ3) is 13.0. The summed E-state index contributed by atoms with van der Waals surface area (Å²) in [5.74, 6) is -8.25. The summed E-state index contributed by atoms with van der Waals surface area (Å²) in [5, 5.41) is 1.24. The molecule has 1 aliphatic rings. The van der Waals surface area contributed by atoms with Crippen LogP contribution in [0.5, 0.6) is 11.5 Å². The summed E-state index contributed by atoms with van der Waals surface area (Å²) >= 11 is 0.314. The summed E-state index contributed by atoms with van der Waals surface area (Å²) in [6.07, 6.45) is 2.85. The van der Waals surface area contributed by atoms with Crippen molar-refractivity contribution in [3.63, 3.8) is 0 Å². The summed E-state index contributed by atoms with van der Waals surface area (Å²) in [7, 11) is -11.3. The Morgan fingerprint density at radius 3 is 1.83 bits per heavy atom. The summed E-state index contributed by atoms with van der Waals surface area (Å²) in [4.78, 5) is 19.9. The lowest BCUT2D eigenvalue weighted by Gasteiger charge is -2.24. The van der Waals surface area contributed by atoms with Crippen molar-refractivity contribution >= 4 is 55.2 Å². The van der Waals surface area contributed by atoms with E-state index < -0.39 is 64.0 Å². The van der Waals surface area contributed by atoms with Gasteiger partial charge >= 0.3 is 5.97 Å². The number of thioether (sulfide) groups is 1. The number of nitrogens with one attached hydrogen (secondary N) is 1. The molecule has 6 aromatic carbocycles. The largest absolute Gasteiger partial charge is 0.462 e. The van der Waals surface area contributed by atoms with Crippen LogP contribution >= 0.6 is 11.8 Å². The molecule has 0 atom stereocenters. The van der Waals surface area contributed by atoms with Crippen LogP contribution in [0.25, 0.3) is 11.6 Å². The van der Waals surface area contributed by atoms with Gasteiger partial charge in [0.05, 0.1) is 16.4 Å². The number of hydrogen-bond acceptors (Lipinski definition) is 9. The van der Waals surface area contributed by atoms with Crippen LogP contribution in [0.1, 0.15) is 162 Å². The van der Waals surface area contributed by atoms with E-state index in [-0.39, 0.29) is 78.6 Å². The van der Waals surface area contributed by atoms with Gasteiger partial charge in [-0.15, -0.1) is 15.9 Å². The van der Waals surface area contributed by atoms with Crippen molar-refractivity contribution in [1.29, 1.82) is 0 Å². The number of ether oxygens (including phenoxy) is 2. The second-order valence-corrected chi connectivity index (χ2v) is 25.4. The third-order valence-corrected chi connectivity index (χ3v) is 18.3. The molecule has 7 rings (SSSR count). The van der Waals surface area contributed by atoms with Crippen LogP contribution in [0.4, 0.5) is 17.6 Å². The zero-order valence-electron chi connectivity index (χ0n) is 45.3. The molecule has 0 amide bonds. The fourth-order valence-corrected chi connectivity index (χ4v) is 13.9. The zero-order chi connectivity index (χ0) is 57.0. The number of rotatable bonds is 22. The minimum absolute atomic E-state index is 0.00952. The second kappa shape index (κ2) is 24.8. The van der Waals surface area contributed by atoms with Crippen LogP contribution in [-0.4, -0.2) is 40.9 Å². The second-order valence-electron chi connectivity index (χ2n) is 20.8. The first-order valence-corrected chi connectivity index (χ1v) is 29.9. The fraction of sp³-hybridized carbons (Fsp3) is 0.323. The molecule has 0 fully saturated rings. The van der Waals surface area contributed by atoms with Gasteiger partial charge in [0.2, 0.25) is 0 Å². The predicted molar refractivity (Wildman–Crippen MR) is 300 cm³/mol. The SMILES string of the molecule is C=C(C)C(=O)OCCCC(=O)CCCSc1c(F)c(F)c(S(=O)(=O)NS(=O)(=O)c2ccccc2C2=c3cc/c(=C\c4c(C(C)C)cccc4C(C)C)cc3Oc3cc(Cc4c(C(C)C)cccc4C(C)C)ccc32)c(F)c1F. The minimum atomic E-state index is -5.92. The number of Topliss-reactive ketones (excluding diaryl/α,β-unsaturated/α-hetero) is 1. The Labute approximate surface area is 460 Å². The molecule has 412 valence electrons. The maximum atomic E-state index is 15.9. The monoisotopic (exact) mass is 1120 g/mol. The highest BCUT2D eigenvalue weighted by Gasteiger charge is 2.38. The van der Waals surface area contributed by atoms with E-state index in [2.05, 4.69) is 104 Å². The summed E-state index contributed by atoms with van der Waals surface area (Å²) < 4.78 is 133. The molecule has 0 aromatic heterocycles. The van der Waals surface area contributed by atoms with Crippen LogP contribution < -0.4 is 19.3 Å². The first kappa shape index (κ1) is 59.3. The average Bonchev–Trinajstić information content (AvgIpc) is 3.39. The summed E-state index contributed by atoms with van der Waals surface area (Å²) in [5.41, 5.74) is 8.87. The van der Waals surface area contributed by atoms with E-state index in [1.54, 1.807) is 12.1 Å². The molecular weight excluding hydrogens is 1060 g/mol. The van der Waals surface area contributed by atoms with Crippen LogP contribution in [0.3, 0.4) is 0 Å². The highest BCUT2D eigenvalue weighted by Crippen LogP contribution is 2.41. The van der Waals surface area contributed by atoms with Gasteiger partial charge in [-0.1, -0.05) is 135 Å². The summed E-state index contributed by atoms with van der Waals surface area (Å²) in [6.45, 7) is 22.0. The first-order valence-electron chi connectivity index (χ1n) is 26.0. The van der Waals surface area contributed by atoms with Crippen molar-refractivity contribution in [1.82, 2.24) is 4.13 Å². The first-order chi connectivity index (χ1) is 36.8. The Morgan fingerprint density at radius 1 is 0.667 bits per heavy atom. The van der Waals surface area contributed by atoms with E-state index in [1.165, 1.54) is 39.9 Å². The molecule has 0 saturated heterocycles. The number of carbonyl (C=O) groups excluding carboxylic acids is 2. The lowest BCUT2D eigenvalue weighted by Crippen LogP contribution is -2.33. The number of fused-ring (bicyclic) bond motifs is 2. The molecule has 0 spiro atoms. The van der Waals surface area contributed by atoms with Crippen molar-refractivity contribution in [2.75, 3.05) is 12.4 Å². The van der Waals surface area contributed by atoms with Crippen LogP contribution in [0, 0.1) is 23.3 Å². The number of sulfonamides is 2. The average molecular weight is 1120 g/mol. The molecule has 0 bridgehead atoms. The van der Waals surface area contributed by atoms with Gasteiger partial charge < -0.3 is 9.47 Å².